The standard InChI is InChI=1S/C17H21N5O2S/c1-3-12-8-13-15(18-9-19-17(13)25-12)21-14(11-4-6-23-7-5-11)16-20-10(2)22-24-16/h8-9,11,14H,3-7H2,1-2H3,(H,18,19,21)/t14-/m0/s1. The van der Waals surface area contributed by atoms with Gasteiger partial charge in [-0.1, -0.05) is 12.1 Å². The molecule has 25 heavy (non-hydrogen) atoms. The molecule has 0 saturated carbocycles. The first-order valence-corrected chi connectivity index (χ1v) is 9.44. The van der Waals surface area contributed by atoms with Gasteiger partial charge < -0.3 is 14.6 Å². The Hall–Kier alpha value is -2.06. The Morgan fingerprint density at radius 3 is 2.88 bits per heavy atom. The van der Waals surface area contributed by atoms with Crippen molar-refractivity contribution in [2.45, 2.75) is 39.2 Å². The van der Waals surface area contributed by atoms with Crippen molar-refractivity contribution >= 4 is 27.4 Å². The fourth-order valence-electron chi connectivity index (χ4n) is 3.21. The summed E-state index contributed by atoms with van der Waals surface area (Å²) in [5.41, 5.74) is 0. The van der Waals surface area contributed by atoms with Crippen LogP contribution in [0.15, 0.2) is 16.9 Å². The highest BCUT2D eigenvalue weighted by Crippen LogP contribution is 2.35. The van der Waals surface area contributed by atoms with Gasteiger partial charge in [0.1, 0.15) is 23.0 Å². The lowest BCUT2D eigenvalue weighted by atomic mass is 9.91. The molecule has 0 radical (unpaired) electrons. The second kappa shape index (κ2) is 7.05. The summed E-state index contributed by atoms with van der Waals surface area (Å²) in [4.78, 5) is 15.7. The quantitative estimate of drug-likeness (QED) is 0.746. The number of aryl methyl sites for hydroxylation is 2. The summed E-state index contributed by atoms with van der Waals surface area (Å²) < 4.78 is 11.0. The van der Waals surface area contributed by atoms with E-state index in [2.05, 4.69) is 38.4 Å². The van der Waals surface area contributed by atoms with Gasteiger partial charge in [-0.25, -0.2) is 9.97 Å². The second-order valence-corrected chi connectivity index (χ2v) is 7.37. The van der Waals surface area contributed by atoms with Gasteiger partial charge in [0.25, 0.3) is 0 Å². The number of aromatic nitrogens is 4. The maximum absolute atomic E-state index is 5.51. The van der Waals surface area contributed by atoms with Crippen molar-refractivity contribution in [3.05, 3.63) is 29.0 Å². The van der Waals surface area contributed by atoms with Crippen LogP contribution in [0.25, 0.3) is 10.2 Å². The number of nitrogens with one attached hydrogen (secondary N) is 1. The van der Waals surface area contributed by atoms with E-state index in [0.29, 0.717) is 17.6 Å². The number of fused-ring (bicyclic) bond motifs is 1. The fraction of sp³-hybridized carbons (Fsp3) is 0.529. The molecule has 0 aliphatic carbocycles. The van der Waals surface area contributed by atoms with Crippen molar-refractivity contribution in [3.63, 3.8) is 0 Å². The van der Waals surface area contributed by atoms with Gasteiger partial charge in [0.2, 0.25) is 5.89 Å². The molecule has 1 fully saturated rings. The van der Waals surface area contributed by atoms with Crippen molar-refractivity contribution in [1.29, 1.82) is 0 Å². The van der Waals surface area contributed by atoms with E-state index < -0.39 is 0 Å². The molecule has 0 bridgehead atoms. The van der Waals surface area contributed by atoms with Crippen LogP contribution in [0.4, 0.5) is 5.82 Å². The number of thiophene rings is 1. The zero-order chi connectivity index (χ0) is 17.2. The molecule has 4 rings (SSSR count). The third-order valence-electron chi connectivity index (χ3n) is 4.57. The van der Waals surface area contributed by atoms with Gasteiger partial charge in [-0.15, -0.1) is 11.3 Å². The van der Waals surface area contributed by atoms with Crippen LogP contribution >= 0.6 is 11.3 Å². The van der Waals surface area contributed by atoms with E-state index in [-0.39, 0.29) is 6.04 Å². The van der Waals surface area contributed by atoms with Gasteiger partial charge in [0.15, 0.2) is 5.82 Å². The third-order valence-corrected chi connectivity index (χ3v) is 5.76. The minimum atomic E-state index is -0.0758. The summed E-state index contributed by atoms with van der Waals surface area (Å²) >= 11 is 1.71. The largest absolute Gasteiger partial charge is 0.381 e. The normalized spacial score (nSPS) is 17.0. The summed E-state index contributed by atoms with van der Waals surface area (Å²) in [6.07, 6.45) is 4.52. The number of nitrogens with zero attached hydrogens (tertiary/aromatic N) is 4. The molecule has 132 valence electrons. The van der Waals surface area contributed by atoms with Crippen LogP contribution in [0.2, 0.25) is 0 Å². The zero-order valence-corrected chi connectivity index (χ0v) is 15.2. The second-order valence-electron chi connectivity index (χ2n) is 6.26. The molecule has 8 heteroatoms. The summed E-state index contributed by atoms with van der Waals surface area (Å²) in [7, 11) is 0. The average Bonchev–Trinajstić information content (AvgIpc) is 3.26. The molecular weight excluding hydrogens is 338 g/mol. The molecule has 4 heterocycles. The van der Waals surface area contributed by atoms with Gasteiger partial charge in [-0.05, 0) is 38.2 Å². The Balaban J connectivity index is 1.69. The first-order valence-electron chi connectivity index (χ1n) is 8.62. The number of hydrogen-bond donors (Lipinski definition) is 1. The molecule has 1 aliphatic heterocycles. The molecule has 1 atom stereocenters. The molecule has 0 amide bonds. The molecule has 1 N–H and O–H groups in total. The van der Waals surface area contributed by atoms with Crippen molar-refractivity contribution in [2.75, 3.05) is 18.5 Å². The highest BCUT2D eigenvalue weighted by atomic mass is 32.1. The predicted molar refractivity (Wildman–Crippen MR) is 95.7 cm³/mol. The molecule has 3 aromatic rings. The Bertz CT molecular complexity index is 856. The lowest BCUT2D eigenvalue weighted by molar-refractivity contribution is 0.0571. The van der Waals surface area contributed by atoms with Crippen molar-refractivity contribution < 1.29 is 9.26 Å². The minimum Gasteiger partial charge on any atom is -0.381 e. The number of hydrogen-bond acceptors (Lipinski definition) is 8. The SMILES string of the molecule is CCc1cc2c(N[C@H](c3nc(C)no3)C3CCOCC3)ncnc2s1. The van der Waals surface area contributed by atoms with Crippen LogP contribution in [0.1, 0.15) is 42.4 Å². The summed E-state index contributed by atoms with van der Waals surface area (Å²) in [5, 5.41) is 8.58. The Morgan fingerprint density at radius 1 is 1.32 bits per heavy atom. The Kier molecular flexibility index (Phi) is 4.63. The van der Waals surface area contributed by atoms with Gasteiger partial charge in [0.05, 0.1) is 5.39 Å². The van der Waals surface area contributed by atoms with Gasteiger partial charge >= 0.3 is 0 Å². The van der Waals surface area contributed by atoms with Crippen molar-refractivity contribution in [1.82, 2.24) is 20.1 Å². The fourth-order valence-corrected chi connectivity index (χ4v) is 4.15. The first kappa shape index (κ1) is 16.4. The van der Waals surface area contributed by atoms with Crippen molar-refractivity contribution in [2.24, 2.45) is 5.92 Å². The van der Waals surface area contributed by atoms with E-state index in [4.69, 9.17) is 9.26 Å². The van der Waals surface area contributed by atoms with Crippen LogP contribution in [0.5, 0.6) is 0 Å². The first-order chi connectivity index (χ1) is 12.2. The molecule has 0 unspecified atom stereocenters. The third kappa shape index (κ3) is 3.36. The van der Waals surface area contributed by atoms with Gasteiger partial charge in [-0.2, -0.15) is 4.98 Å². The number of ether oxygens (including phenoxy) is 1. The topological polar surface area (TPSA) is 86.0 Å². The molecule has 7 nitrogen and oxygen atoms in total. The maximum atomic E-state index is 5.51. The van der Waals surface area contributed by atoms with Gasteiger partial charge in [-0.3, -0.25) is 0 Å². The highest BCUT2D eigenvalue weighted by Gasteiger charge is 2.30. The minimum absolute atomic E-state index is 0.0758. The average molecular weight is 359 g/mol. The van der Waals surface area contributed by atoms with E-state index in [9.17, 15) is 0 Å². The lowest BCUT2D eigenvalue weighted by Crippen LogP contribution is -2.27. The van der Waals surface area contributed by atoms with E-state index >= 15 is 0 Å². The highest BCUT2D eigenvalue weighted by molar-refractivity contribution is 7.18. The molecular formula is C17H21N5O2S. The predicted octanol–water partition coefficient (Wildman–Crippen LogP) is 3.52. The van der Waals surface area contributed by atoms with Crippen LogP contribution in [-0.2, 0) is 11.2 Å². The van der Waals surface area contributed by atoms with E-state index in [1.807, 2.05) is 6.92 Å². The summed E-state index contributed by atoms with van der Waals surface area (Å²) in [6.45, 7) is 5.50. The van der Waals surface area contributed by atoms with E-state index in [0.717, 1.165) is 48.5 Å². The zero-order valence-electron chi connectivity index (χ0n) is 14.4. The van der Waals surface area contributed by atoms with Crippen LogP contribution in [0.3, 0.4) is 0 Å². The summed E-state index contributed by atoms with van der Waals surface area (Å²) in [5.74, 6) is 2.45. The van der Waals surface area contributed by atoms with Gasteiger partial charge in [0, 0.05) is 18.1 Å². The lowest BCUT2D eigenvalue weighted by Gasteiger charge is -2.29. The van der Waals surface area contributed by atoms with Crippen LogP contribution in [0, 0.1) is 12.8 Å². The number of anilines is 1. The summed E-state index contributed by atoms with van der Waals surface area (Å²) in [6, 6.07) is 2.09. The van der Waals surface area contributed by atoms with E-state index in [1.165, 1.54) is 4.88 Å². The van der Waals surface area contributed by atoms with Crippen molar-refractivity contribution in [3.8, 4) is 0 Å². The molecule has 0 spiro atoms. The maximum Gasteiger partial charge on any atom is 0.249 e. The van der Waals surface area contributed by atoms with Crippen LogP contribution < -0.4 is 5.32 Å². The molecule has 3 aromatic heterocycles. The Labute approximate surface area is 149 Å². The molecule has 1 saturated heterocycles. The molecule has 0 aromatic carbocycles. The van der Waals surface area contributed by atoms with Crippen LogP contribution in [-0.4, -0.2) is 33.3 Å². The Morgan fingerprint density at radius 2 is 2.16 bits per heavy atom. The number of rotatable bonds is 5. The smallest absolute Gasteiger partial charge is 0.249 e. The molecule has 1 aliphatic rings. The monoisotopic (exact) mass is 359 g/mol. The van der Waals surface area contributed by atoms with E-state index in [1.54, 1.807) is 17.7 Å².